The number of hydrogen-bond donors (Lipinski definition) is 3. The Hall–Kier alpha value is -3.65. The summed E-state index contributed by atoms with van der Waals surface area (Å²) in [5, 5.41) is 14.2. The molecule has 0 bridgehead atoms. The zero-order valence-corrected chi connectivity index (χ0v) is 18.3. The minimum atomic E-state index is -0.781. The molecule has 0 saturated carbocycles. The average Bonchev–Trinajstić information content (AvgIpc) is 3.52. The lowest BCUT2D eigenvalue weighted by molar-refractivity contribution is -0.141. The lowest BCUT2D eigenvalue weighted by Gasteiger charge is -2.30. The van der Waals surface area contributed by atoms with Crippen LogP contribution in [-0.4, -0.2) is 62.3 Å². The van der Waals surface area contributed by atoms with Gasteiger partial charge in [0.05, 0.1) is 6.10 Å². The molecule has 0 spiro atoms. The quantitative estimate of drug-likeness (QED) is 0.556. The van der Waals surface area contributed by atoms with E-state index in [-0.39, 0.29) is 30.7 Å². The number of carbonyl (C=O) groups is 3. The smallest absolute Gasteiger partial charge is 0.255 e. The van der Waals surface area contributed by atoms with E-state index in [9.17, 15) is 19.5 Å². The summed E-state index contributed by atoms with van der Waals surface area (Å²) in [6.07, 6.45) is 1.25. The van der Waals surface area contributed by atoms with Crippen molar-refractivity contribution in [2.75, 3.05) is 6.54 Å². The molecule has 3 amide bonds. The molecular weight excluding hydrogens is 420 g/mol. The molecule has 33 heavy (non-hydrogen) atoms. The Morgan fingerprint density at radius 1 is 1.18 bits per heavy atom. The molecule has 2 aliphatic rings. The van der Waals surface area contributed by atoms with Crippen LogP contribution in [0, 0.1) is 0 Å². The second-order valence-corrected chi connectivity index (χ2v) is 8.74. The van der Waals surface area contributed by atoms with Gasteiger partial charge in [0.15, 0.2) is 0 Å². The largest absolute Gasteiger partial charge is 0.391 e. The number of para-hydroxylation sites is 1. The van der Waals surface area contributed by atoms with Crippen LogP contribution in [-0.2, 0) is 22.7 Å². The van der Waals surface area contributed by atoms with E-state index < -0.39 is 18.2 Å². The second kappa shape index (κ2) is 8.37. The molecule has 3 heterocycles. The van der Waals surface area contributed by atoms with Gasteiger partial charge < -0.3 is 25.2 Å². The lowest BCUT2D eigenvalue weighted by atomic mass is 10.1. The summed E-state index contributed by atoms with van der Waals surface area (Å²) in [5.41, 5.74) is 3.42. The van der Waals surface area contributed by atoms with E-state index in [0.29, 0.717) is 18.7 Å². The molecular formula is C25H26N4O4. The van der Waals surface area contributed by atoms with Gasteiger partial charge >= 0.3 is 0 Å². The molecule has 3 N–H and O–H groups in total. The van der Waals surface area contributed by atoms with Crippen molar-refractivity contribution < 1.29 is 19.5 Å². The predicted molar refractivity (Wildman–Crippen MR) is 122 cm³/mol. The maximum absolute atomic E-state index is 13.3. The number of nitrogens with zero attached hydrogens (tertiary/aromatic N) is 2. The number of β-amino-alcohol motifs (C(OH)–C–C–N with tert-alkyl or cyclic N) is 1. The molecule has 0 radical (unpaired) electrons. The van der Waals surface area contributed by atoms with Gasteiger partial charge in [0.1, 0.15) is 12.1 Å². The van der Waals surface area contributed by atoms with Gasteiger partial charge in [-0.3, -0.25) is 14.4 Å². The van der Waals surface area contributed by atoms with Crippen molar-refractivity contribution in [2.24, 2.45) is 0 Å². The molecule has 3 unspecified atom stereocenters. The predicted octanol–water partition coefficient (Wildman–Crippen LogP) is 1.79. The highest BCUT2D eigenvalue weighted by molar-refractivity contribution is 6.01. The second-order valence-electron chi connectivity index (χ2n) is 8.74. The fourth-order valence-electron chi connectivity index (χ4n) is 4.85. The number of aliphatic hydroxyl groups excluding tert-OH is 1. The summed E-state index contributed by atoms with van der Waals surface area (Å²) in [6.45, 7) is 2.42. The van der Waals surface area contributed by atoms with E-state index in [1.807, 2.05) is 42.6 Å². The van der Waals surface area contributed by atoms with E-state index in [1.165, 1.54) is 9.80 Å². The maximum Gasteiger partial charge on any atom is 0.255 e. The number of H-pyrrole nitrogens is 1. The zero-order chi connectivity index (χ0) is 23.1. The van der Waals surface area contributed by atoms with Gasteiger partial charge in [-0.05, 0) is 30.2 Å². The number of aromatic nitrogens is 1. The third-order valence-corrected chi connectivity index (χ3v) is 6.67. The topological polar surface area (TPSA) is 106 Å². The van der Waals surface area contributed by atoms with Gasteiger partial charge in [0.25, 0.3) is 5.91 Å². The molecule has 5 rings (SSSR count). The molecule has 2 aliphatic heterocycles. The van der Waals surface area contributed by atoms with Crippen LogP contribution in [0.1, 0.15) is 34.8 Å². The Bertz CT molecular complexity index is 1240. The van der Waals surface area contributed by atoms with E-state index in [0.717, 1.165) is 22.0 Å². The Kier molecular flexibility index (Phi) is 5.38. The van der Waals surface area contributed by atoms with Crippen LogP contribution in [0.5, 0.6) is 0 Å². The molecule has 1 aromatic heterocycles. The number of amides is 3. The van der Waals surface area contributed by atoms with Crippen LogP contribution >= 0.6 is 0 Å². The highest BCUT2D eigenvalue weighted by atomic mass is 16.3. The Labute approximate surface area is 191 Å². The lowest BCUT2D eigenvalue weighted by Crippen LogP contribution is -2.52. The number of aromatic amines is 1. The monoisotopic (exact) mass is 446 g/mol. The third-order valence-electron chi connectivity index (χ3n) is 6.67. The molecule has 2 aromatic carbocycles. The van der Waals surface area contributed by atoms with Gasteiger partial charge in [0, 0.05) is 48.7 Å². The highest BCUT2D eigenvalue weighted by Gasteiger charge is 2.43. The first-order valence-electron chi connectivity index (χ1n) is 11.1. The van der Waals surface area contributed by atoms with Crippen LogP contribution in [0.4, 0.5) is 0 Å². The van der Waals surface area contributed by atoms with Crippen LogP contribution in [0.15, 0.2) is 54.7 Å². The van der Waals surface area contributed by atoms with Crippen molar-refractivity contribution >= 4 is 28.6 Å². The molecule has 1 saturated heterocycles. The Morgan fingerprint density at radius 3 is 2.76 bits per heavy atom. The number of carbonyl (C=O) groups excluding carboxylic acids is 3. The van der Waals surface area contributed by atoms with E-state index in [4.69, 9.17) is 0 Å². The van der Waals surface area contributed by atoms with Crippen molar-refractivity contribution in [3.63, 3.8) is 0 Å². The number of rotatable bonds is 5. The standard InChI is InChI=1S/C25H26N4O4/c1-15(28-13-16-6-2-3-8-20(16)25(28)33)24(32)29-14-18(30)10-22(29)23(31)27-12-17-11-26-21-9-5-4-7-19(17)21/h2-9,11,15,18,22,26,30H,10,12-14H2,1H3,(H,27,31). The summed E-state index contributed by atoms with van der Waals surface area (Å²) in [5.74, 6) is -0.833. The molecule has 170 valence electrons. The number of fused-ring (bicyclic) bond motifs is 2. The fourth-order valence-corrected chi connectivity index (χ4v) is 4.85. The van der Waals surface area contributed by atoms with Crippen molar-refractivity contribution in [1.29, 1.82) is 0 Å². The highest BCUT2D eigenvalue weighted by Crippen LogP contribution is 2.27. The van der Waals surface area contributed by atoms with Gasteiger partial charge in [-0.1, -0.05) is 36.4 Å². The van der Waals surface area contributed by atoms with Gasteiger partial charge in [-0.2, -0.15) is 0 Å². The first kappa shape index (κ1) is 21.2. The normalized spacial score (nSPS) is 20.8. The van der Waals surface area contributed by atoms with Crippen molar-refractivity contribution in [1.82, 2.24) is 20.1 Å². The Morgan fingerprint density at radius 2 is 1.94 bits per heavy atom. The minimum Gasteiger partial charge on any atom is -0.391 e. The molecule has 8 heteroatoms. The van der Waals surface area contributed by atoms with Crippen LogP contribution in [0.25, 0.3) is 10.9 Å². The summed E-state index contributed by atoms with van der Waals surface area (Å²) in [6, 6.07) is 13.6. The molecule has 3 aromatic rings. The van der Waals surface area contributed by atoms with Crippen molar-refractivity contribution in [2.45, 2.75) is 44.6 Å². The average molecular weight is 447 g/mol. The number of likely N-dealkylation sites (tertiary alicyclic amines) is 1. The van der Waals surface area contributed by atoms with Crippen molar-refractivity contribution in [3.8, 4) is 0 Å². The first-order chi connectivity index (χ1) is 15.9. The van der Waals surface area contributed by atoms with Gasteiger partial charge in [-0.25, -0.2) is 0 Å². The minimum absolute atomic E-state index is 0.0727. The molecule has 8 nitrogen and oxygen atoms in total. The number of aliphatic hydroxyl groups is 1. The van der Waals surface area contributed by atoms with Crippen LogP contribution in [0.2, 0.25) is 0 Å². The van der Waals surface area contributed by atoms with Crippen LogP contribution < -0.4 is 5.32 Å². The first-order valence-corrected chi connectivity index (χ1v) is 11.1. The summed E-state index contributed by atoms with van der Waals surface area (Å²) in [7, 11) is 0. The number of hydrogen-bond acceptors (Lipinski definition) is 4. The molecule has 1 fully saturated rings. The van der Waals surface area contributed by atoms with Crippen LogP contribution in [0.3, 0.4) is 0 Å². The summed E-state index contributed by atoms with van der Waals surface area (Å²) in [4.78, 5) is 45.3. The Balaban J connectivity index is 1.28. The van der Waals surface area contributed by atoms with E-state index in [1.54, 1.807) is 19.1 Å². The maximum atomic E-state index is 13.3. The number of nitrogens with one attached hydrogen (secondary N) is 2. The summed E-state index contributed by atoms with van der Waals surface area (Å²) < 4.78 is 0. The SMILES string of the molecule is CC(C(=O)N1CC(O)CC1C(=O)NCc1c[nH]c2ccccc12)N1Cc2ccccc2C1=O. The third kappa shape index (κ3) is 3.76. The van der Waals surface area contributed by atoms with Gasteiger partial charge in [-0.15, -0.1) is 0 Å². The fraction of sp³-hybridized carbons (Fsp3) is 0.320. The van der Waals surface area contributed by atoms with E-state index in [2.05, 4.69) is 10.3 Å². The summed E-state index contributed by atoms with van der Waals surface area (Å²) >= 11 is 0. The number of benzene rings is 2. The van der Waals surface area contributed by atoms with E-state index >= 15 is 0 Å². The van der Waals surface area contributed by atoms with Crippen molar-refractivity contribution in [3.05, 3.63) is 71.4 Å². The van der Waals surface area contributed by atoms with Gasteiger partial charge in [0.2, 0.25) is 11.8 Å². The molecule has 3 atom stereocenters. The zero-order valence-electron chi connectivity index (χ0n) is 18.3. The molecule has 0 aliphatic carbocycles.